The van der Waals surface area contributed by atoms with E-state index in [2.05, 4.69) is 4.72 Å². The van der Waals surface area contributed by atoms with Gasteiger partial charge in [-0.3, -0.25) is 4.21 Å². The maximum atomic E-state index is 13.5. The fourth-order valence-corrected chi connectivity index (χ4v) is 4.67. The molecule has 0 aromatic heterocycles. The molecule has 0 radical (unpaired) electrons. The van der Waals surface area contributed by atoms with Crippen molar-refractivity contribution in [1.82, 2.24) is 4.72 Å². The molecule has 0 heterocycles. The number of nitrogens with two attached hydrogens (primary N) is 1. The van der Waals surface area contributed by atoms with Gasteiger partial charge in [0, 0.05) is 28.9 Å². The molecule has 2 atom stereocenters. The average molecular weight is 322 g/mol. The van der Waals surface area contributed by atoms with Gasteiger partial charge in [0.25, 0.3) is 0 Å². The van der Waals surface area contributed by atoms with E-state index in [1.165, 1.54) is 20.1 Å². The summed E-state index contributed by atoms with van der Waals surface area (Å²) in [6, 6.07) is 0.607. The molecule has 0 bridgehead atoms. The highest BCUT2D eigenvalue weighted by Crippen LogP contribution is 2.27. The molecule has 3 N–H and O–H groups in total. The minimum absolute atomic E-state index is 0.0230. The van der Waals surface area contributed by atoms with E-state index in [-0.39, 0.29) is 27.5 Å². The maximum Gasteiger partial charge on any atom is 0.241 e. The largest absolute Gasteiger partial charge is 0.396 e. The van der Waals surface area contributed by atoms with Crippen molar-refractivity contribution < 1.29 is 17.0 Å². The standard InChI is InChI=1S/C12H19FN2O3S2/c1-7-5-10(13)11(14)9(3)12(7)20(17,18)15-8(2)6-19(4)16/h5,8,15H,6,14H2,1-4H3. The van der Waals surface area contributed by atoms with Crippen molar-refractivity contribution in [3.8, 4) is 0 Å². The van der Waals surface area contributed by atoms with Crippen LogP contribution in [0.5, 0.6) is 0 Å². The number of halogens is 1. The van der Waals surface area contributed by atoms with Crippen LogP contribution in [-0.4, -0.2) is 30.7 Å². The van der Waals surface area contributed by atoms with Crippen LogP contribution < -0.4 is 10.5 Å². The van der Waals surface area contributed by atoms with E-state index in [4.69, 9.17) is 5.73 Å². The molecule has 1 rings (SSSR count). The zero-order chi connectivity index (χ0) is 15.7. The van der Waals surface area contributed by atoms with Crippen molar-refractivity contribution in [2.45, 2.75) is 31.7 Å². The van der Waals surface area contributed by atoms with Crippen LogP contribution in [0, 0.1) is 19.7 Å². The predicted molar refractivity (Wildman–Crippen MR) is 79.0 cm³/mol. The molecule has 0 aliphatic rings. The minimum atomic E-state index is -3.84. The van der Waals surface area contributed by atoms with Crippen LogP contribution in [0.3, 0.4) is 0 Å². The third kappa shape index (κ3) is 3.77. The van der Waals surface area contributed by atoms with Crippen LogP contribution >= 0.6 is 0 Å². The van der Waals surface area contributed by atoms with Crippen molar-refractivity contribution in [2.24, 2.45) is 0 Å². The summed E-state index contributed by atoms with van der Waals surface area (Å²) < 4.78 is 51.7. The molecular formula is C12H19FN2O3S2. The van der Waals surface area contributed by atoms with E-state index in [0.29, 0.717) is 0 Å². The molecule has 0 fully saturated rings. The summed E-state index contributed by atoms with van der Waals surface area (Å²) in [5, 5.41) is 0. The Balaban J connectivity index is 3.23. The van der Waals surface area contributed by atoms with Crippen LogP contribution in [0.4, 0.5) is 10.1 Å². The number of sulfonamides is 1. The minimum Gasteiger partial charge on any atom is -0.396 e. The molecule has 8 heteroatoms. The van der Waals surface area contributed by atoms with Gasteiger partial charge in [0.15, 0.2) is 0 Å². The number of hydrogen-bond acceptors (Lipinski definition) is 4. The van der Waals surface area contributed by atoms with Gasteiger partial charge in [-0.1, -0.05) is 0 Å². The molecule has 20 heavy (non-hydrogen) atoms. The Labute approximate surface area is 121 Å². The summed E-state index contributed by atoms with van der Waals surface area (Å²) in [7, 11) is -4.95. The van der Waals surface area contributed by atoms with Gasteiger partial charge < -0.3 is 5.73 Å². The topological polar surface area (TPSA) is 89.3 Å². The van der Waals surface area contributed by atoms with E-state index in [9.17, 15) is 17.0 Å². The van der Waals surface area contributed by atoms with Gasteiger partial charge in [0.2, 0.25) is 10.0 Å². The molecule has 0 spiro atoms. The lowest BCUT2D eigenvalue weighted by molar-refractivity contribution is 0.568. The second-order valence-corrected chi connectivity index (χ2v) is 7.94. The fraction of sp³-hybridized carbons (Fsp3) is 0.500. The van der Waals surface area contributed by atoms with Gasteiger partial charge in [-0.2, -0.15) is 0 Å². The van der Waals surface area contributed by atoms with Crippen molar-refractivity contribution in [1.29, 1.82) is 0 Å². The highest BCUT2D eigenvalue weighted by atomic mass is 32.2. The number of anilines is 1. The monoisotopic (exact) mass is 322 g/mol. The summed E-state index contributed by atoms with van der Waals surface area (Å²) in [6.07, 6.45) is 1.50. The first-order valence-corrected chi connectivity index (χ1v) is 9.14. The smallest absolute Gasteiger partial charge is 0.241 e. The number of nitrogens with one attached hydrogen (secondary N) is 1. The number of benzene rings is 1. The van der Waals surface area contributed by atoms with Crippen molar-refractivity contribution in [2.75, 3.05) is 17.7 Å². The molecule has 0 aliphatic carbocycles. The first kappa shape index (κ1) is 17.1. The Hall–Kier alpha value is -0.990. The van der Waals surface area contributed by atoms with E-state index < -0.39 is 32.7 Å². The van der Waals surface area contributed by atoms with Gasteiger partial charge in [0.1, 0.15) is 5.82 Å². The molecule has 0 saturated carbocycles. The lowest BCUT2D eigenvalue weighted by atomic mass is 10.1. The summed E-state index contributed by atoms with van der Waals surface area (Å²) in [4.78, 5) is -0.0230. The lowest BCUT2D eigenvalue weighted by Crippen LogP contribution is -2.37. The maximum absolute atomic E-state index is 13.5. The molecule has 5 nitrogen and oxygen atoms in total. The highest BCUT2D eigenvalue weighted by Gasteiger charge is 2.24. The lowest BCUT2D eigenvalue weighted by Gasteiger charge is -2.17. The first-order valence-electron chi connectivity index (χ1n) is 5.93. The number of nitrogen functional groups attached to an aromatic ring is 1. The SMILES string of the molecule is Cc1cc(F)c(N)c(C)c1S(=O)(=O)NC(C)CS(C)=O. The highest BCUT2D eigenvalue weighted by molar-refractivity contribution is 7.89. The zero-order valence-corrected chi connectivity index (χ0v) is 13.5. The third-order valence-electron chi connectivity index (χ3n) is 2.81. The van der Waals surface area contributed by atoms with Gasteiger partial charge in [-0.15, -0.1) is 0 Å². The molecular weight excluding hydrogens is 303 g/mol. The Morgan fingerprint density at radius 2 is 2.00 bits per heavy atom. The number of hydrogen-bond donors (Lipinski definition) is 2. The molecule has 0 aliphatic heterocycles. The normalized spacial score (nSPS) is 15.1. The third-order valence-corrected chi connectivity index (χ3v) is 5.66. The molecule has 0 amide bonds. The Morgan fingerprint density at radius 1 is 1.45 bits per heavy atom. The quantitative estimate of drug-likeness (QED) is 0.794. The van der Waals surface area contributed by atoms with E-state index in [1.54, 1.807) is 6.92 Å². The predicted octanol–water partition coefficient (Wildman–Crippen LogP) is 1.07. The van der Waals surface area contributed by atoms with Gasteiger partial charge in [0.05, 0.1) is 10.6 Å². The fourth-order valence-electron chi connectivity index (χ4n) is 2.05. The average Bonchev–Trinajstić information content (AvgIpc) is 2.23. The zero-order valence-electron chi connectivity index (χ0n) is 11.9. The summed E-state index contributed by atoms with van der Waals surface area (Å²) in [5.74, 6) is -0.435. The van der Waals surface area contributed by atoms with Crippen LogP contribution in [0.15, 0.2) is 11.0 Å². The van der Waals surface area contributed by atoms with E-state index >= 15 is 0 Å². The van der Waals surface area contributed by atoms with Crippen molar-refractivity contribution in [3.05, 3.63) is 23.0 Å². The van der Waals surface area contributed by atoms with Gasteiger partial charge in [-0.25, -0.2) is 17.5 Å². The Kier molecular flexibility index (Phi) is 5.28. The number of rotatable bonds is 5. The molecule has 2 unspecified atom stereocenters. The summed E-state index contributed by atoms with van der Waals surface area (Å²) >= 11 is 0. The first-order chi connectivity index (χ1) is 9.06. The summed E-state index contributed by atoms with van der Waals surface area (Å²) in [5.41, 5.74) is 5.83. The van der Waals surface area contributed by atoms with E-state index in [1.807, 2.05) is 0 Å². The van der Waals surface area contributed by atoms with Gasteiger partial charge >= 0.3 is 0 Å². The van der Waals surface area contributed by atoms with Crippen molar-refractivity contribution in [3.63, 3.8) is 0 Å². The van der Waals surface area contributed by atoms with Crippen LogP contribution in [-0.2, 0) is 20.8 Å². The van der Waals surface area contributed by atoms with Crippen molar-refractivity contribution >= 4 is 26.5 Å². The van der Waals surface area contributed by atoms with Crippen LogP contribution in [0.1, 0.15) is 18.1 Å². The Morgan fingerprint density at radius 3 is 2.50 bits per heavy atom. The summed E-state index contributed by atoms with van der Waals surface area (Å²) in [6.45, 7) is 4.59. The Bertz CT molecular complexity index is 645. The molecule has 114 valence electrons. The second kappa shape index (κ2) is 6.19. The molecule has 1 aromatic rings. The molecule has 0 saturated heterocycles. The van der Waals surface area contributed by atoms with Crippen LogP contribution in [0.25, 0.3) is 0 Å². The second-order valence-electron chi connectivity index (χ2n) is 4.81. The number of aryl methyl sites for hydroxylation is 1. The van der Waals surface area contributed by atoms with E-state index in [0.717, 1.165) is 6.07 Å². The molecule has 1 aromatic carbocycles. The van der Waals surface area contributed by atoms with Crippen LogP contribution in [0.2, 0.25) is 0 Å². The van der Waals surface area contributed by atoms with Gasteiger partial charge in [-0.05, 0) is 38.0 Å².